The van der Waals surface area contributed by atoms with Gasteiger partial charge in [-0.2, -0.15) is 4.98 Å². The van der Waals surface area contributed by atoms with Crippen molar-refractivity contribution in [1.29, 1.82) is 0 Å². The molecule has 6 nitrogen and oxygen atoms in total. The van der Waals surface area contributed by atoms with Crippen LogP contribution in [0.15, 0.2) is 24.3 Å². The molecule has 1 aliphatic carbocycles. The summed E-state index contributed by atoms with van der Waals surface area (Å²) >= 11 is 0. The molecule has 2 fully saturated rings. The Morgan fingerprint density at radius 2 is 1.50 bits per heavy atom. The van der Waals surface area contributed by atoms with E-state index in [0.29, 0.717) is 0 Å². The molecular formula is C26H35N5O. The van der Waals surface area contributed by atoms with Crippen molar-refractivity contribution in [1.82, 2.24) is 14.9 Å². The third-order valence-corrected chi connectivity index (χ3v) is 7.15. The first kappa shape index (κ1) is 21.2. The minimum Gasteiger partial charge on any atom is -0.353 e. The number of amides is 1. The number of anilines is 2. The van der Waals surface area contributed by atoms with Gasteiger partial charge >= 0.3 is 0 Å². The van der Waals surface area contributed by atoms with E-state index >= 15 is 0 Å². The summed E-state index contributed by atoms with van der Waals surface area (Å²) in [5.74, 6) is 2.17. The van der Waals surface area contributed by atoms with Gasteiger partial charge in [0.05, 0.1) is 5.69 Å². The van der Waals surface area contributed by atoms with E-state index < -0.39 is 0 Å². The molecule has 2 saturated heterocycles. The van der Waals surface area contributed by atoms with Gasteiger partial charge in [-0.3, -0.25) is 4.79 Å². The molecule has 0 bridgehead atoms. The Morgan fingerprint density at radius 3 is 2.16 bits per heavy atom. The Kier molecular flexibility index (Phi) is 5.56. The molecule has 6 heteroatoms. The van der Waals surface area contributed by atoms with Gasteiger partial charge < -0.3 is 14.7 Å². The normalized spacial score (nSPS) is 18.9. The summed E-state index contributed by atoms with van der Waals surface area (Å²) in [6.07, 6.45) is 5.77. The molecule has 1 aromatic carbocycles. The van der Waals surface area contributed by atoms with Crippen LogP contribution in [0.3, 0.4) is 0 Å². The third-order valence-electron chi connectivity index (χ3n) is 7.15. The second-order valence-electron chi connectivity index (χ2n) is 10.4. The molecule has 1 aromatic heterocycles. The monoisotopic (exact) mass is 433 g/mol. The van der Waals surface area contributed by atoms with Gasteiger partial charge in [0.2, 0.25) is 5.95 Å². The number of aromatic nitrogens is 2. The highest BCUT2D eigenvalue weighted by Gasteiger charge is 2.29. The second kappa shape index (κ2) is 8.38. The predicted molar refractivity (Wildman–Crippen MR) is 129 cm³/mol. The Morgan fingerprint density at radius 1 is 0.812 bits per heavy atom. The fourth-order valence-corrected chi connectivity index (χ4v) is 5.14. The van der Waals surface area contributed by atoms with Gasteiger partial charge in [-0.15, -0.1) is 0 Å². The summed E-state index contributed by atoms with van der Waals surface area (Å²) in [5, 5.41) is 0. The van der Waals surface area contributed by atoms with E-state index in [1.807, 2.05) is 17.0 Å². The lowest BCUT2D eigenvalue weighted by atomic mass is 9.86. The predicted octanol–water partition coefficient (Wildman–Crippen LogP) is 3.83. The zero-order valence-electron chi connectivity index (χ0n) is 19.7. The zero-order valence-corrected chi connectivity index (χ0v) is 19.7. The molecule has 0 unspecified atom stereocenters. The fourth-order valence-electron chi connectivity index (χ4n) is 5.14. The number of hydrogen-bond acceptors (Lipinski definition) is 5. The number of carbonyl (C=O) groups is 1. The minimum absolute atomic E-state index is 0.0962. The van der Waals surface area contributed by atoms with Crippen LogP contribution in [-0.4, -0.2) is 60.0 Å². The van der Waals surface area contributed by atoms with Crippen LogP contribution >= 0.6 is 0 Å². The molecule has 2 aromatic rings. The SMILES string of the molecule is CC(C)(C)c1ccc(C(=O)N2CCN(c3nc(N4CCCC4)nc4c3CCC4)CC2)cc1. The van der Waals surface area contributed by atoms with E-state index in [1.54, 1.807) is 0 Å². The average Bonchev–Trinajstić information content (AvgIpc) is 3.49. The topological polar surface area (TPSA) is 52.6 Å². The number of fused-ring (bicyclic) bond motifs is 1. The van der Waals surface area contributed by atoms with E-state index in [9.17, 15) is 4.79 Å². The summed E-state index contributed by atoms with van der Waals surface area (Å²) < 4.78 is 0. The van der Waals surface area contributed by atoms with E-state index in [0.717, 1.165) is 69.4 Å². The Balaban J connectivity index is 1.29. The lowest BCUT2D eigenvalue weighted by molar-refractivity contribution is 0.0746. The van der Waals surface area contributed by atoms with Gasteiger partial charge in [0.1, 0.15) is 5.82 Å². The van der Waals surface area contributed by atoms with Crippen LogP contribution in [0.25, 0.3) is 0 Å². The Hall–Kier alpha value is -2.63. The van der Waals surface area contributed by atoms with Gasteiger partial charge in [-0.1, -0.05) is 32.9 Å². The van der Waals surface area contributed by atoms with Crippen LogP contribution in [0.5, 0.6) is 0 Å². The van der Waals surface area contributed by atoms with Gasteiger partial charge in [0.25, 0.3) is 5.91 Å². The molecule has 5 rings (SSSR count). The largest absolute Gasteiger partial charge is 0.353 e. The van der Waals surface area contributed by atoms with E-state index in [4.69, 9.17) is 9.97 Å². The van der Waals surface area contributed by atoms with Crippen molar-refractivity contribution in [3.05, 3.63) is 46.6 Å². The number of hydrogen-bond donors (Lipinski definition) is 0. The number of carbonyl (C=O) groups excluding carboxylic acids is 1. The zero-order chi connectivity index (χ0) is 22.3. The maximum Gasteiger partial charge on any atom is 0.253 e. The molecule has 0 radical (unpaired) electrons. The number of aryl methyl sites for hydroxylation is 1. The highest BCUT2D eigenvalue weighted by atomic mass is 16.2. The van der Waals surface area contributed by atoms with Gasteiger partial charge in [0, 0.05) is 50.4 Å². The summed E-state index contributed by atoms with van der Waals surface area (Å²) in [7, 11) is 0. The highest BCUT2D eigenvalue weighted by molar-refractivity contribution is 5.94. The number of rotatable bonds is 3. The smallest absolute Gasteiger partial charge is 0.253 e. The number of piperazine rings is 1. The molecule has 3 aliphatic rings. The second-order valence-corrected chi connectivity index (χ2v) is 10.4. The molecule has 0 saturated carbocycles. The summed E-state index contributed by atoms with van der Waals surface area (Å²) in [6.45, 7) is 11.8. The molecule has 0 spiro atoms. The quantitative estimate of drug-likeness (QED) is 0.736. The molecule has 170 valence electrons. The molecule has 32 heavy (non-hydrogen) atoms. The summed E-state index contributed by atoms with van der Waals surface area (Å²) in [4.78, 5) is 29.8. The first-order valence-corrected chi connectivity index (χ1v) is 12.2. The maximum atomic E-state index is 13.1. The van der Waals surface area contributed by atoms with Crippen molar-refractivity contribution in [3.63, 3.8) is 0 Å². The van der Waals surface area contributed by atoms with Gasteiger partial charge in [-0.25, -0.2) is 4.98 Å². The van der Waals surface area contributed by atoms with Crippen molar-refractivity contribution >= 4 is 17.7 Å². The minimum atomic E-state index is 0.0962. The molecule has 2 aliphatic heterocycles. The Bertz CT molecular complexity index is 981. The molecule has 1 amide bonds. The van der Waals surface area contributed by atoms with Crippen molar-refractivity contribution in [2.75, 3.05) is 49.1 Å². The molecule has 0 N–H and O–H groups in total. The first-order valence-electron chi connectivity index (χ1n) is 12.2. The highest BCUT2D eigenvalue weighted by Crippen LogP contribution is 2.32. The van der Waals surface area contributed by atoms with Crippen LogP contribution in [0.2, 0.25) is 0 Å². The molecule has 3 heterocycles. The van der Waals surface area contributed by atoms with Gasteiger partial charge in [-0.05, 0) is 55.2 Å². The number of nitrogens with zero attached hydrogens (tertiary/aromatic N) is 5. The van der Waals surface area contributed by atoms with Crippen LogP contribution in [0, 0.1) is 0 Å². The van der Waals surface area contributed by atoms with E-state index in [1.165, 1.54) is 36.1 Å². The van der Waals surface area contributed by atoms with Crippen LogP contribution in [0.4, 0.5) is 11.8 Å². The van der Waals surface area contributed by atoms with Crippen LogP contribution in [0.1, 0.15) is 67.2 Å². The standard InChI is InChI=1S/C26H35N5O/c1-26(2,3)20-11-9-19(10-12-20)24(32)30-17-15-29(16-18-30)23-21-7-6-8-22(21)27-25(28-23)31-13-4-5-14-31/h9-12H,4-8,13-18H2,1-3H3. The lowest BCUT2D eigenvalue weighted by Crippen LogP contribution is -2.49. The molecule has 0 atom stereocenters. The van der Waals surface area contributed by atoms with Crippen molar-refractivity contribution < 1.29 is 4.79 Å². The summed E-state index contributed by atoms with van der Waals surface area (Å²) in [6, 6.07) is 8.14. The van der Waals surface area contributed by atoms with Crippen LogP contribution in [-0.2, 0) is 18.3 Å². The van der Waals surface area contributed by atoms with Crippen molar-refractivity contribution in [2.45, 2.75) is 58.3 Å². The number of benzene rings is 1. The van der Waals surface area contributed by atoms with Gasteiger partial charge in [0.15, 0.2) is 0 Å². The average molecular weight is 434 g/mol. The first-order chi connectivity index (χ1) is 15.4. The maximum absolute atomic E-state index is 13.1. The van der Waals surface area contributed by atoms with E-state index in [2.05, 4.69) is 42.7 Å². The van der Waals surface area contributed by atoms with E-state index in [-0.39, 0.29) is 11.3 Å². The lowest BCUT2D eigenvalue weighted by Gasteiger charge is -2.36. The molecular weight excluding hydrogens is 398 g/mol. The Labute approximate surface area is 191 Å². The summed E-state index contributed by atoms with van der Waals surface area (Å²) in [5.41, 5.74) is 4.72. The van der Waals surface area contributed by atoms with Crippen molar-refractivity contribution in [3.8, 4) is 0 Å². The van der Waals surface area contributed by atoms with Crippen molar-refractivity contribution in [2.24, 2.45) is 0 Å². The third kappa shape index (κ3) is 4.07. The fraction of sp³-hybridized carbons (Fsp3) is 0.577. The van der Waals surface area contributed by atoms with Crippen LogP contribution < -0.4 is 9.80 Å².